The summed E-state index contributed by atoms with van der Waals surface area (Å²) in [5.74, 6) is 1.17. The van der Waals surface area contributed by atoms with E-state index in [1.165, 1.54) is 16.9 Å². The lowest BCUT2D eigenvalue weighted by Crippen LogP contribution is -2.30. The highest BCUT2D eigenvalue weighted by molar-refractivity contribution is 7.98. The number of benzene rings is 1. The summed E-state index contributed by atoms with van der Waals surface area (Å²) < 4.78 is 5.16. The highest BCUT2D eigenvalue weighted by Crippen LogP contribution is 2.11. The third-order valence-electron chi connectivity index (χ3n) is 2.89. The first kappa shape index (κ1) is 14.6. The summed E-state index contributed by atoms with van der Waals surface area (Å²) in [6, 6.07) is 9.23. The van der Waals surface area contributed by atoms with Crippen molar-refractivity contribution in [3.8, 4) is 0 Å². The van der Waals surface area contributed by atoms with Crippen LogP contribution >= 0.6 is 11.8 Å². The molecule has 0 aliphatic rings. The minimum Gasteiger partial charge on any atom is -0.380 e. The van der Waals surface area contributed by atoms with Crippen LogP contribution in [0, 0.1) is 0 Å². The van der Waals surface area contributed by atoms with Crippen LogP contribution in [0.3, 0.4) is 0 Å². The van der Waals surface area contributed by atoms with Gasteiger partial charge in [-0.15, -0.1) is 0 Å². The lowest BCUT2D eigenvalue weighted by molar-refractivity contribution is 0.184. The molecule has 0 unspecified atom stereocenters. The van der Waals surface area contributed by atoms with Crippen molar-refractivity contribution in [2.75, 3.05) is 26.2 Å². The molecule has 0 aromatic heterocycles. The Morgan fingerprint density at radius 2 is 2.06 bits per heavy atom. The van der Waals surface area contributed by atoms with Crippen LogP contribution in [-0.2, 0) is 17.9 Å². The van der Waals surface area contributed by atoms with Crippen molar-refractivity contribution in [1.82, 2.24) is 4.90 Å². The van der Waals surface area contributed by atoms with E-state index < -0.39 is 0 Å². The zero-order valence-corrected chi connectivity index (χ0v) is 12.1. The first-order chi connectivity index (χ1) is 8.17. The van der Waals surface area contributed by atoms with E-state index in [4.69, 9.17) is 4.74 Å². The minimum atomic E-state index is 0.607. The molecule has 1 rings (SSSR count). The molecule has 0 saturated carbocycles. The van der Waals surface area contributed by atoms with Crippen molar-refractivity contribution in [1.29, 1.82) is 0 Å². The Hall–Kier alpha value is -0.510. The Morgan fingerprint density at radius 1 is 1.35 bits per heavy atom. The topological polar surface area (TPSA) is 12.5 Å². The largest absolute Gasteiger partial charge is 0.380 e. The van der Waals surface area contributed by atoms with Gasteiger partial charge in [-0.05, 0) is 31.4 Å². The van der Waals surface area contributed by atoms with E-state index in [1.54, 1.807) is 7.11 Å². The van der Waals surface area contributed by atoms with Crippen molar-refractivity contribution in [2.24, 2.45) is 0 Å². The molecule has 1 aromatic rings. The summed E-state index contributed by atoms with van der Waals surface area (Å²) in [5.41, 5.74) is 2.60. The van der Waals surface area contributed by atoms with Gasteiger partial charge in [0.1, 0.15) is 0 Å². The van der Waals surface area contributed by atoms with E-state index >= 15 is 0 Å². The average molecular weight is 253 g/mol. The predicted molar refractivity (Wildman–Crippen MR) is 76.5 cm³/mol. The number of rotatable bonds is 7. The SMILES string of the molecule is COCc1cccc(CN(C)[C@@H](C)CSC)c1. The van der Waals surface area contributed by atoms with E-state index in [0.29, 0.717) is 12.6 Å². The first-order valence-corrected chi connectivity index (χ1v) is 7.32. The molecule has 0 heterocycles. The number of ether oxygens (including phenoxy) is 1. The molecular formula is C14H23NOS. The van der Waals surface area contributed by atoms with Crippen LogP contribution in [0.2, 0.25) is 0 Å². The van der Waals surface area contributed by atoms with Gasteiger partial charge in [-0.3, -0.25) is 4.90 Å². The van der Waals surface area contributed by atoms with Crippen LogP contribution in [0.25, 0.3) is 0 Å². The molecule has 0 aliphatic carbocycles. The van der Waals surface area contributed by atoms with Gasteiger partial charge in [0.25, 0.3) is 0 Å². The molecular weight excluding hydrogens is 230 g/mol. The molecule has 0 radical (unpaired) electrons. The van der Waals surface area contributed by atoms with Crippen molar-refractivity contribution < 1.29 is 4.74 Å². The second-order valence-corrected chi connectivity index (χ2v) is 5.38. The molecule has 0 saturated heterocycles. The Balaban J connectivity index is 2.58. The summed E-state index contributed by atoms with van der Waals surface area (Å²) >= 11 is 1.90. The summed E-state index contributed by atoms with van der Waals surface area (Å²) in [6.07, 6.45) is 2.16. The standard InChI is InChI=1S/C14H23NOS/c1-12(11-17-4)15(2)9-13-6-5-7-14(8-13)10-16-3/h5-8,12H,9-11H2,1-4H3/t12-/m0/s1. The zero-order valence-electron chi connectivity index (χ0n) is 11.3. The predicted octanol–water partition coefficient (Wildman–Crippen LogP) is 3.02. The van der Waals surface area contributed by atoms with Gasteiger partial charge in [0.05, 0.1) is 6.61 Å². The van der Waals surface area contributed by atoms with Crippen LogP contribution in [-0.4, -0.2) is 37.1 Å². The molecule has 0 aliphatic heterocycles. The maximum atomic E-state index is 5.16. The lowest BCUT2D eigenvalue weighted by atomic mass is 10.1. The normalized spacial score (nSPS) is 13.0. The van der Waals surface area contributed by atoms with Gasteiger partial charge >= 0.3 is 0 Å². The molecule has 0 bridgehead atoms. The monoisotopic (exact) mass is 253 g/mol. The molecule has 1 aromatic carbocycles. The molecule has 0 N–H and O–H groups in total. The van der Waals surface area contributed by atoms with Gasteiger partial charge < -0.3 is 4.74 Å². The molecule has 2 nitrogen and oxygen atoms in total. The van der Waals surface area contributed by atoms with Crippen molar-refractivity contribution in [3.63, 3.8) is 0 Å². The number of thioether (sulfide) groups is 1. The summed E-state index contributed by atoms with van der Waals surface area (Å²) in [5, 5.41) is 0. The number of hydrogen-bond donors (Lipinski definition) is 0. The Labute approximate surface area is 109 Å². The fraction of sp³-hybridized carbons (Fsp3) is 0.571. The van der Waals surface area contributed by atoms with E-state index in [1.807, 2.05) is 11.8 Å². The number of nitrogens with zero attached hydrogens (tertiary/aromatic N) is 1. The Bertz CT molecular complexity index is 330. The average Bonchev–Trinajstić information content (AvgIpc) is 2.30. The van der Waals surface area contributed by atoms with Gasteiger partial charge in [-0.2, -0.15) is 11.8 Å². The van der Waals surface area contributed by atoms with Gasteiger partial charge in [0, 0.05) is 25.4 Å². The molecule has 17 heavy (non-hydrogen) atoms. The van der Waals surface area contributed by atoms with Gasteiger partial charge in [-0.25, -0.2) is 0 Å². The fourth-order valence-electron chi connectivity index (χ4n) is 1.80. The van der Waals surface area contributed by atoms with Gasteiger partial charge in [-0.1, -0.05) is 24.3 Å². The highest BCUT2D eigenvalue weighted by atomic mass is 32.2. The second kappa shape index (κ2) is 7.75. The van der Waals surface area contributed by atoms with Crippen LogP contribution < -0.4 is 0 Å². The van der Waals surface area contributed by atoms with E-state index in [-0.39, 0.29) is 0 Å². The summed E-state index contributed by atoms with van der Waals surface area (Å²) in [4.78, 5) is 2.39. The summed E-state index contributed by atoms with van der Waals surface area (Å²) in [7, 11) is 3.92. The fourth-order valence-corrected chi connectivity index (χ4v) is 2.53. The van der Waals surface area contributed by atoms with Gasteiger partial charge in [0.2, 0.25) is 0 Å². The maximum Gasteiger partial charge on any atom is 0.0713 e. The van der Waals surface area contributed by atoms with Crippen LogP contribution in [0.1, 0.15) is 18.1 Å². The third-order valence-corrected chi connectivity index (χ3v) is 3.71. The number of hydrogen-bond acceptors (Lipinski definition) is 3. The molecule has 96 valence electrons. The van der Waals surface area contributed by atoms with Crippen LogP contribution in [0.4, 0.5) is 0 Å². The van der Waals surface area contributed by atoms with Crippen LogP contribution in [0.15, 0.2) is 24.3 Å². The molecule has 0 amide bonds. The van der Waals surface area contributed by atoms with Crippen molar-refractivity contribution in [3.05, 3.63) is 35.4 Å². The lowest BCUT2D eigenvalue weighted by Gasteiger charge is -2.24. The van der Waals surface area contributed by atoms with Crippen molar-refractivity contribution >= 4 is 11.8 Å². The molecule has 0 fully saturated rings. The number of methoxy groups -OCH3 is 1. The summed E-state index contributed by atoms with van der Waals surface area (Å²) in [6.45, 7) is 3.96. The minimum absolute atomic E-state index is 0.607. The smallest absolute Gasteiger partial charge is 0.0713 e. The molecule has 3 heteroatoms. The van der Waals surface area contributed by atoms with E-state index in [2.05, 4.69) is 49.4 Å². The van der Waals surface area contributed by atoms with E-state index in [0.717, 1.165) is 6.54 Å². The van der Waals surface area contributed by atoms with E-state index in [9.17, 15) is 0 Å². The molecule has 1 atom stereocenters. The second-order valence-electron chi connectivity index (χ2n) is 4.47. The quantitative estimate of drug-likeness (QED) is 0.741. The zero-order chi connectivity index (χ0) is 12.7. The maximum absolute atomic E-state index is 5.16. The molecule has 0 spiro atoms. The third kappa shape index (κ3) is 5.11. The van der Waals surface area contributed by atoms with Crippen molar-refractivity contribution in [2.45, 2.75) is 26.1 Å². The van der Waals surface area contributed by atoms with Crippen LogP contribution in [0.5, 0.6) is 0 Å². The first-order valence-electron chi connectivity index (χ1n) is 5.93. The Kier molecular flexibility index (Phi) is 6.63. The highest BCUT2D eigenvalue weighted by Gasteiger charge is 2.08. The Morgan fingerprint density at radius 3 is 2.71 bits per heavy atom. The van der Waals surface area contributed by atoms with Gasteiger partial charge in [0.15, 0.2) is 0 Å².